The van der Waals surface area contributed by atoms with Gasteiger partial charge in [0.05, 0.1) is 12.2 Å². The maximum absolute atomic E-state index is 12.4. The molecule has 0 unspecified atom stereocenters. The zero-order chi connectivity index (χ0) is 37.8. The van der Waals surface area contributed by atoms with Crippen LogP contribution >= 0.6 is 0 Å². The van der Waals surface area contributed by atoms with Crippen molar-refractivity contribution in [2.75, 3.05) is 13.2 Å². The molecule has 6 fully saturated rings. The second-order valence-corrected chi connectivity index (χ2v) is 18.4. The molecule has 8 rings (SSSR count). The first-order valence-electron chi connectivity index (χ1n) is 19.3. The molecule has 0 radical (unpaired) electrons. The molecule has 0 spiro atoms. The molecule has 0 aromatic rings. The Kier molecular flexibility index (Phi) is 9.04. The second-order valence-electron chi connectivity index (χ2n) is 18.4. The third-order valence-corrected chi connectivity index (χ3v) is 16.5. The summed E-state index contributed by atoms with van der Waals surface area (Å²) in [5, 5.41) is 63.3. The fraction of sp³-hybridized carbons (Fsp3) is 0.714. The van der Waals surface area contributed by atoms with Gasteiger partial charge in [0.1, 0.15) is 24.4 Å². The highest BCUT2D eigenvalue weighted by Crippen LogP contribution is 2.68. The Bertz CT molecular complexity index is 1570. The quantitative estimate of drug-likeness (QED) is 0.252. The van der Waals surface area contributed by atoms with Crippen molar-refractivity contribution in [2.24, 2.45) is 57.2 Å². The molecule has 6 N–H and O–H groups in total. The van der Waals surface area contributed by atoms with Crippen LogP contribution in [0, 0.1) is 57.2 Å². The van der Waals surface area contributed by atoms with Crippen LogP contribution in [0.5, 0.6) is 0 Å². The number of ketones is 4. The van der Waals surface area contributed by atoms with Gasteiger partial charge in [-0.15, -0.1) is 0 Å². The average molecular weight is 721 g/mol. The number of hydrogen-bond donors (Lipinski definition) is 6. The van der Waals surface area contributed by atoms with Crippen LogP contribution in [0.1, 0.15) is 91.9 Å². The van der Waals surface area contributed by atoms with E-state index < -0.39 is 59.0 Å². The Labute approximate surface area is 305 Å². The molecule has 0 amide bonds. The highest BCUT2D eigenvalue weighted by atomic mass is 16.3. The van der Waals surface area contributed by atoms with Crippen LogP contribution in [0.15, 0.2) is 47.6 Å². The van der Waals surface area contributed by atoms with Crippen molar-refractivity contribution in [1.29, 1.82) is 0 Å². The van der Waals surface area contributed by atoms with Crippen molar-refractivity contribution < 1.29 is 49.8 Å². The minimum absolute atomic E-state index is 0.00912. The summed E-state index contributed by atoms with van der Waals surface area (Å²) in [7, 11) is 0. The first-order valence-corrected chi connectivity index (χ1v) is 19.3. The zero-order valence-corrected chi connectivity index (χ0v) is 30.9. The summed E-state index contributed by atoms with van der Waals surface area (Å²) in [6.45, 7) is 6.68. The molecular weight excluding hydrogens is 664 g/mol. The van der Waals surface area contributed by atoms with Gasteiger partial charge in [-0.2, -0.15) is 0 Å². The number of carbonyl (C=O) groups excluding carboxylic acids is 4. The molecule has 0 heterocycles. The van der Waals surface area contributed by atoms with Crippen molar-refractivity contribution in [2.45, 2.75) is 115 Å². The number of aliphatic hydroxyl groups is 6. The van der Waals surface area contributed by atoms with Crippen LogP contribution in [0.2, 0.25) is 0 Å². The Balaban J connectivity index is 0.000000162. The summed E-state index contributed by atoms with van der Waals surface area (Å²) >= 11 is 0. The van der Waals surface area contributed by atoms with E-state index in [0.717, 1.165) is 49.7 Å². The van der Waals surface area contributed by atoms with Crippen molar-refractivity contribution in [3.8, 4) is 0 Å². The molecule has 0 bridgehead atoms. The number of rotatable bonds is 4. The predicted molar refractivity (Wildman–Crippen MR) is 190 cm³/mol. The molecule has 8 aliphatic rings. The van der Waals surface area contributed by atoms with E-state index in [1.54, 1.807) is 24.3 Å². The molecule has 6 saturated carbocycles. The average Bonchev–Trinajstić information content (AvgIpc) is 3.53. The van der Waals surface area contributed by atoms with Gasteiger partial charge in [0, 0.05) is 33.5 Å². The molecule has 284 valence electrons. The molecule has 0 aromatic carbocycles. The third kappa shape index (κ3) is 4.96. The minimum Gasteiger partial charge on any atom is -0.393 e. The van der Waals surface area contributed by atoms with Crippen LogP contribution in [0.3, 0.4) is 0 Å². The van der Waals surface area contributed by atoms with Gasteiger partial charge in [-0.05, 0) is 112 Å². The highest BCUT2D eigenvalue weighted by Gasteiger charge is 2.69. The predicted octanol–water partition coefficient (Wildman–Crippen LogP) is 3.12. The molecule has 52 heavy (non-hydrogen) atoms. The lowest BCUT2D eigenvalue weighted by molar-refractivity contribution is -0.178. The van der Waals surface area contributed by atoms with Crippen molar-refractivity contribution in [3.05, 3.63) is 47.6 Å². The van der Waals surface area contributed by atoms with Gasteiger partial charge < -0.3 is 30.6 Å². The van der Waals surface area contributed by atoms with Gasteiger partial charge in [-0.3, -0.25) is 19.2 Å². The summed E-state index contributed by atoms with van der Waals surface area (Å²) in [5.41, 5.74) is -3.08. The van der Waals surface area contributed by atoms with E-state index in [1.165, 1.54) is 0 Å². The maximum atomic E-state index is 12.4. The molecular formula is C42H56O10. The van der Waals surface area contributed by atoms with E-state index in [4.69, 9.17) is 0 Å². The van der Waals surface area contributed by atoms with E-state index in [9.17, 15) is 49.8 Å². The molecule has 14 atom stereocenters. The summed E-state index contributed by atoms with van der Waals surface area (Å²) < 4.78 is 0. The number of aliphatic hydroxyl groups excluding tert-OH is 4. The molecule has 10 nitrogen and oxygen atoms in total. The van der Waals surface area contributed by atoms with Gasteiger partial charge in [-0.25, -0.2) is 0 Å². The fourth-order valence-electron chi connectivity index (χ4n) is 13.8. The Morgan fingerprint density at radius 2 is 1.02 bits per heavy atom. The maximum Gasteiger partial charge on any atom is 0.190 e. The smallest absolute Gasteiger partial charge is 0.190 e. The van der Waals surface area contributed by atoms with Crippen LogP contribution in [-0.2, 0) is 19.2 Å². The van der Waals surface area contributed by atoms with Crippen LogP contribution in [0.4, 0.5) is 0 Å². The minimum atomic E-state index is -1.56. The number of hydrogen-bond acceptors (Lipinski definition) is 10. The fourth-order valence-corrected chi connectivity index (χ4v) is 13.8. The van der Waals surface area contributed by atoms with Crippen LogP contribution < -0.4 is 0 Å². The Morgan fingerprint density at radius 3 is 1.37 bits per heavy atom. The molecule has 10 heteroatoms. The van der Waals surface area contributed by atoms with E-state index in [2.05, 4.69) is 13.8 Å². The summed E-state index contributed by atoms with van der Waals surface area (Å²) in [6, 6.07) is 0. The van der Waals surface area contributed by atoms with Crippen molar-refractivity contribution in [1.82, 2.24) is 0 Å². The van der Waals surface area contributed by atoms with E-state index in [-0.39, 0.29) is 57.9 Å². The normalized spacial score (nSPS) is 49.9. The standard InChI is InChI=1S/2C21H28O5/c2*1-19-7-5-13(23)9-12(19)3-4-14-15-6-8-21(26,17(25)11-22)20(15,2)10-16(24)18(14)19/h2*5,7,9,14-16,18,22,24,26H,3-4,6,8,10-11H2,1-2H3/t2*14-,15-,16-,18+,19-,20-,21-/m00/s1. The lowest BCUT2D eigenvalue weighted by Gasteiger charge is -2.59. The number of Topliss-reactive ketones (excluding diaryl/α,β-unsaturated/α-hetero) is 2. The SMILES string of the molecule is C[C@]12C=CC(=O)C=C1CC[C@@H]1[C@@H]2[C@@H](O)C[C@@]2(C)[C@H]1CC[C@]2(O)C(=O)CO.C[C@]12C=CC(=O)C=C1CC[C@@H]1[C@@H]2[C@@H](O)C[C@@]2(C)[C@H]1CC[C@]2(O)C(=O)CO. The van der Waals surface area contributed by atoms with Crippen molar-refractivity contribution >= 4 is 23.1 Å². The topological polar surface area (TPSA) is 190 Å². The van der Waals surface area contributed by atoms with E-state index >= 15 is 0 Å². The van der Waals surface area contributed by atoms with E-state index in [1.807, 2.05) is 26.0 Å². The van der Waals surface area contributed by atoms with Gasteiger partial charge in [0.2, 0.25) is 0 Å². The zero-order valence-electron chi connectivity index (χ0n) is 30.9. The number of allylic oxidation sites excluding steroid dienone is 8. The second kappa shape index (κ2) is 12.5. The van der Waals surface area contributed by atoms with E-state index in [0.29, 0.717) is 25.7 Å². The van der Waals surface area contributed by atoms with Crippen LogP contribution in [0.25, 0.3) is 0 Å². The molecule has 0 aromatic heterocycles. The van der Waals surface area contributed by atoms with Gasteiger partial charge in [0.15, 0.2) is 23.1 Å². The molecule has 0 aliphatic heterocycles. The Hall–Kier alpha value is -2.60. The number of carbonyl (C=O) groups is 4. The van der Waals surface area contributed by atoms with Gasteiger partial charge >= 0.3 is 0 Å². The van der Waals surface area contributed by atoms with Gasteiger partial charge in [0.25, 0.3) is 0 Å². The first-order chi connectivity index (χ1) is 24.3. The van der Waals surface area contributed by atoms with Crippen molar-refractivity contribution in [3.63, 3.8) is 0 Å². The monoisotopic (exact) mass is 720 g/mol. The summed E-state index contributed by atoms with van der Waals surface area (Å²) in [4.78, 5) is 48.3. The van der Waals surface area contributed by atoms with Crippen LogP contribution in [-0.4, -0.2) is 90.4 Å². The Morgan fingerprint density at radius 1 is 0.654 bits per heavy atom. The molecule has 8 aliphatic carbocycles. The largest absolute Gasteiger partial charge is 0.393 e. The number of fused-ring (bicyclic) bond motifs is 10. The lowest BCUT2D eigenvalue weighted by atomic mass is 9.46. The summed E-state index contributed by atoms with van der Waals surface area (Å²) in [5.74, 6) is -0.453. The van der Waals surface area contributed by atoms with Gasteiger partial charge in [-0.1, -0.05) is 51.0 Å². The third-order valence-electron chi connectivity index (χ3n) is 16.5. The first kappa shape index (κ1) is 37.7. The lowest BCUT2D eigenvalue weighted by Crippen LogP contribution is -2.61. The summed E-state index contributed by atoms with van der Waals surface area (Å²) in [6.07, 6.45) is 15.4. The highest BCUT2D eigenvalue weighted by molar-refractivity contribution is 6.01. The molecule has 0 saturated heterocycles.